The van der Waals surface area contributed by atoms with Crippen LogP contribution in [0.5, 0.6) is 23.0 Å². The van der Waals surface area contributed by atoms with E-state index in [4.69, 9.17) is 18.9 Å². The van der Waals surface area contributed by atoms with Crippen molar-refractivity contribution < 1.29 is 23.7 Å². The highest BCUT2D eigenvalue weighted by Crippen LogP contribution is 2.33. The Balaban J connectivity index is 1.34. The molecule has 0 aliphatic carbocycles. The maximum absolute atomic E-state index is 12.8. The van der Waals surface area contributed by atoms with Crippen molar-refractivity contribution in [3.05, 3.63) is 80.1 Å². The number of rotatable bonds is 5. The molecule has 0 atom stereocenters. The summed E-state index contributed by atoms with van der Waals surface area (Å²) >= 11 is 0. The van der Waals surface area contributed by atoms with E-state index in [2.05, 4.69) is 10.3 Å². The van der Waals surface area contributed by atoms with Gasteiger partial charge in [-0.1, -0.05) is 12.1 Å². The highest BCUT2D eigenvalue weighted by Gasteiger charge is 2.18. The van der Waals surface area contributed by atoms with Crippen molar-refractivity contribution in [2.24, 2.45) is 0 Å². The molecule has 0 bridgehead atoms. The smallest absolute Gasteiger partial charge is 0.328 e. The van der Waals surface area contributed by atoms with E-state index in [0.717, 1.165) is 16.3 Å². The lowest BCUT2D eigenvalue weighted by Gasteiger charge is -2.09. The molecule has 1 aromatic heterocycles. The van der Waals surface area contributed by atoms with Gasteiger partial charge in [0.2, 0.25) is 13.6 Å². The van der Waals surface area contributed by atoms with Gasteiger partial charge < -0.3 is 29.2 Å². The monoisotopic (exact) mass is 423 g/mol. The molecule has 10 heteroatoms. The number of amides is 1. The molecule has 0 fully saturated rings. The van der Waals surface area contributed by atoms with Gasteiger partial charge in [0.05, 0.1) is 6.54 Å². The summed E-state index contributed by atoms with van der Waals surface area (Å²) in [5, 5.41) is 2.68. The third kappa shape index (κ3) is 3.59. The van der Waals surface area contributed by atoms with Crippen LogP contribution in [-0.4, -0.2) is 29.0 Å². The first-order chi connectivity index (χ1) is 15.1. The van der Waals surface area contributed by atoms with Crippen molar-refractivity contribution in [1.82, 2.24) is 14.9 Å². The molecule has 31 heavy (non-hydrogen) atoms. The van der Waals surface area contributed by atoms with E-state index in [0.29, 0.717) is 28.6 Å². The number of H-pyrrole nitrogens is 1. The third-order valence-corrected chi connectivity index (χ3v) is 4.97. The largest absolute Gasteiger partial charge is 0.454 e. The quantitative estimate of drug-likeness (QED) is 0.627. The van der Waals surface area contributed by atoms with Crippen LogP contribution in [0.2, 0.25) is 0 Å². The van der Waals surface area contributed by atoms with Gasteiger partial charge in [-0.25, -0.2) is 4.79 Å². The summed E-state index contributed by atoms with van der Waals surface area (Å²) in [4.78, 5) is 40.1. The number of nitrogens with one attached hydrogen (secondary N) is 2. The van der Waals surface area contributed by atoms with Gasteiger partial charge in [0.1, 0.15) is 5.56 Å². The third-order valence-electron chi connectivity index (χ3n) is 4.97. The highest BCUT2D eigenvalue weighted by atomic mass is 16.7. The van der Waals surface area contributed by atoms with Crippen LogP contribution in [0.4, 0.5) is 0 Å². The molecule has 2 aromatic carbocycles. The number of fused-ring (bicyclic) bond motifs is 2. The van der Waals surface area contributed by atoms with E-state index in [-0.39, 0.29) is 32.2 Å². The SMILES string of the molecule is O=C(NCc1ccc2c(c1)OCO2)c1c[nH]c(=O)n(Cc2ccc3c(c2)OCO3)c1=O. The van der Waals surface area contributed by atoms with Gasteiger partial charge >= 0.3 is 5.69 Å². The Labute approximate surface area is 174 Å². The van der Waals surface area contributed by atoms with Crippen LogP contribution in [0.3, 0.4) is 0 Å². The summed E-state index contributed by atoms with van der Waals surface area (Å²) in [5.74, 6) is 1.78. The minimum atomic E-state index is -0.690. The first-order valence-corrected chi connectivity index (χ1v) is 9.46. The molecular weight excluding hydrogens is 406 g/mol. The summed E-state index contributed by atoms with van der Waals surface area (Å²) in [5.41, 5.74) is -0.0295. The van der Waals surface area contributed by atoms with E-state index >= 15 is 0 Å². The van der Waals surface area contributed by atoms with Crippen molar-refractivity contribution in [1.29, 1.82) is 0 Å². The van der Waals surface area contributed by atoms with Crippen LogP contribution in [-0.2, 0) is 13.1 Å². The Kier molecular flexibility index (Phi) is 4.58. The maximum Gasteiger partial charge on any atom is 0.328 e. The molecule has 0 spiro atoms. The minimum absolute atomic E-state index is 0.0198. The number of aromatic amines is 1. The standard InChI is InChI=1S/C21H17N3O7/c25-19(22-7-12-1-3-15-17(5-12)30-10-28-15)14-8-23-21(27)24(20(14)26)9-13-2-4-16-18(6-13)31-11-29-16/h1-6,8H,7,9-11H2,(H,22,25)(H,23,27). The van der Waals surface area contributed by atoms with Gasteiger partial charge in [-0.3, -0.25) is 14.2 Å². The van der Waals surface area contributed by atoms with Gasteiger partial charge in [0.15, 0.2) is 23.0 Å². The fraction of sp³-hybridized carbons (Fsp3) is 0.190. The molecule has 3 heterocycles. The molecule has 2 aliphatic rings. The van der Waals surface area contributed by atoms with Crippen LogP contribution in [0.15, 0.2) is 52.2 Å². The van der Waals surface area contributed by atoms with E-state index in [1.807, 2.05) is 0 Å². The molecule has 10 nitrogen and oxygen atoms in total. The number of hydrogen-bond acceptors (Lipinski definition) is 7. The molecule has 2 N–H and O–H groups in total. The molecule has 2 aliphatic heterocycles. The fourth-order valence-corrected chi connectivity index (χ4v) is 3.37. The van der Waals surface area contributed by atoms with Crippen LogP contribution in [0, 0.1) is 0 Å². The van der Waals surface area contributed by atoms with Crippen LogP contribution in [0.1, 0.15) is 21.5 Å². The molecule has 0 radical (unpaired) electrons. The number of benzene rings is 2. The van der Waals surface area contributed by atoms with E-state index in [1.54, 1.807) is 36.4 Å². The lowest BCUT2D eigenvalue weighted by atomic mass is 10.2. The lowest BCUT2D eigenvalue weighted by molar-refractivity contribution is 0.0948. The molecule has 0 saturated carbocycles. The zero-order chi connectivity index (χ0) is 21.4. The van der Waals surface area contributed by atoms with Crippen LogP contribution in [0.25, 0.3) is 0 Å². The maximum atomic E-state index is 12.8. The average Bonchev–Trinajstić information content (AvgIpc) is 3.43. The zero-order valence-electron chi connectivity index (χ0n) is 16.2. The minimum Gasteiger partial charge on any atom is -0.454 e. The Morgan fingerprint density at radius 1 is 0.903 bits per heavy atom. The molecule has 0 saturated heterocycles. The van der Waals surface area contributed by atoms with E-state index in [9.17, 15) is 14.4 Å². The number of carbonyl (C=O) groups excluding carboxylic acids is 1. The predicted molar refractivity (Wildman–Crippen MR) is 107 cm³/mol. The first kappa shape index (κ1) is 18.8. The van der Waals surface area contributed by atoms with E-state index in [1.165, 1.54) is 0 Å². The van der Waals surface area contributed by atoms with Gasteiger partial charge in [0.25, 0.3) is 11.5 Å². The predicted octanol–water partition coefficient (Wildman–Crippen LogP) is 0.972. The first-order valence-electron chi connectivity index (χ1n) is 9.46. The Morgan fingerprint density at radius 2 is 1.52 bits per heavy atom. The van der Waals surface area contributed by atoms with Crippen molar-refractivity contribution in [2.45, 2.75) is 13.1 Å². The molecular formula is C21H17N3O7. The summed E-state index contributed by atoms with van der Waals surface area (Å²) in [6.45, 7) is 0.439. The summed E-state index contributed by atoms with van der Waals surface area (Å²) in [6, 6.07) is 10.4. The molecule has 5 rings (SSSR count). The summed E-state index contributed by atoms with van der Waals surface area (Å²) in [7, 11) is 0. The van der Waals surface area contributed by atoms with Crippen molar-refractivity contribution in [2.75, 3.05) is 13.6 Å². The van der Waals surface area contributed by atoms with Gasteiger partial charge in [-0.05, 0) is 35.4 Å². The average molecular weight is 423 g/mol. The van der Waals surface area contributed by atoms with Gasteiger partial charge in [-0.2, -0.15) is 0 Å². The Bertz CT molecular complexity index is 1290. The van der Waals surface area contributed by atoms with Crippen LogP contribution < -0.4 is 35.5 Å². The van der Waals surface area contributed by atoms with Gasteiger partial charge in [0, 0.05) is 12.7 Å². The fourth-order valence-electron chi connectivity index (χ4n) is 3.37. The highest BCUT2D eigenvalue weighted by molar-refractivity contribution is 5.93. The zero-order valence-corrected chi connectivity index (χ0v) is 16.2. The molecule has 3 aromatic rings. The summed E-state index contributed by atoms with van der Waals surface area (Å²) in [6.07, 6.45) is 1.12. The second kappa shape index (κ2) is 7.56. The van der Waals surface area contributed by atoms with Crippen molar-refractivity contribution in [3.8, 4) is 23.0 Å². The Hall–Kier alpha value is -4.21. The second-order valence-corrected chi connectivity index (χ2v) is 6.96. The number of aromatic nitrogens is 2. The number of nitrogens with zero attached hydrogens (tertiary/aromatic N) is 1. The normalized spacial score (nSPS) is 13.3. The van der Waals surface area contributed by atoms with Crippen molar-refractivity contribution >= 4 is 5.91 Å². The Morgan fingerprint density at radius 3 is 2.23 bits per heavy atom. The van der Waals surface area contributed by atoms with Gasteiger partial charge in [-0.15, -0.1) is 0 Å². The molecule has 0 unspecified atom stereocenters. The number of hydrogen-bond donors (Lipinski definition) is 2. The number of ether oxygens (including phenoxy) is 4. The number of carbonyl (C=O) groups is 1. The molecule has 158 valence electrons. The topological polar surface area (TPSA) is 121 Å². The van der Waals surface area contributed by atoms with Crippen molar-refractivity contribution in [3.63, 3.8) is 0 Å². The van der Waals surface area contributed by atoms with Crippen LogP contribution >= 0.6 is 0 Å². The molecule has 1 amide bonds. The summed E-state index contributed by atoms with van der Waals surface area (Å²) < 4.78 is 22.1. The lowest BCUT2D eigenvalue weighted by Crippen LogP contribution is -2.40. The van der Waals surface area contributed by atoms with E-state index < -0.39 is 17.2 Å². The second-order valence-electron chi connectivity index (χ2n) is 6.96.